The lowest BCUT2D eigenvalue weighted by atomic mass is 10.0. The van der Waals surface area contributed by atoms with E-state index in [1.54, 1.807) is 13.2 Å². The number of nitrogens with zero attached hydrogens (tertiary/aromatic N) is 1. The van der Waals surface area contributed by atoms with Gasteiger partial charge in [-0.05, 0) is 67.7 Å². The van der Waals surface area contributed by atoms with E-state index >= 15 is 0 Å². The topological polar surface area (TPSA) is 71.8 Å². The van der Waals surface area contributed by atoms with Crippen molar-refractivity contribution >= 4 is 16.9 Å². The van der Waals surface area contributed by atoms with E-state index in [1.807, 2.05) is 31.2 Å². The van der Waals surface area contributed by atoms with Gasteiger partial charge in [-0.2, -0.15) is 0 Å². The fourth-order valence-corrected chi connectivity index (χ4v) is 4.50. The third kappa shape index (κ3) is 5.45. The molecule has 0 saturated carbocycles. The zero-order valence-corrected chi connectivity index (χ0v) is 19.4. The molecule has 1 unspecified atom stereocenters. The van der Waals surface area contributed by atoms with Crippen LogP contribution in [0.2, 0.25) is 0 Å². The molecule has 1 saturated heterocycles. The van der Waals surface area contributed by atoms with Gasteiger partial charge >= 0.3 is 0 Å². The summed E-state index contributed by atoms with van der Waals surface area (Å²) in [5.74, 6) is 0.476. The van der Waals surface area contributed by atoms with Crippen LogP contribution >= 0.6 is 0 Å². The Balaban J connectivity index is 1.55. The van der Waals surface area contributed by atoms with Gasteiger partial charge in [0, 0.05) is 12.6 Å². The number of nitrogens with one attached hydrogen (secondary N) is 1. The van der Waals surface area contributed by atoms with Crippen molar-refractivity contribution in [3.8, 4) is 5.75 Å². The van der Waals surface area contributed by atoms with Crippen LogP contribution in [0, 0.1) is 0 Å². The predicted octanol–water partition coefficient (Wildman–Crippen LogP) is 4.71. The number of amides is 1. The number of ether oxygens (including phenoxy) is 1. The molecule has 1 amide bonds. The molecule has 0 radical (unpaired) electrons. The van der Waals surface area contributed by atoms with Crippen molar-refractivity contribution in [3.63, 3.8) is 0 Å². The standard InChI is InChI=1S/C27H32N2O4/c1-3-19-8-13-25-22(16-19)24(30)17-26(33-25)27(31)28-18-23(29-14-6-4-5-7-15-29)20-9-11-21(32-2)12-10-20/h8-13,16-17,23H,3-7,14-15,18H2,1-2H3,(H,28,31). The summed E-state index contributed by atoms with van der Waals surface area (Å²) < 4.78 is 11.1. The number of benzene rings is 2. The molecule has 1 aliphatic heterocycles. The van der Waals surface area contributed by atoms with E-state index in [-0.39, 0.29) is 23.1 Å². The first-order chi connectivity index (χ1) is 16.1. The number of likely N-dealkylation sites (tertiary alicyclic amines) is 1. The minimum atomic E-state index is -0.373. The van der Waals surface area contributed by atoms with Crippen LogP contribution in [-0.2, 0) is 6.42 Å². The Bertz CT molecular complexity index is 1140. The van der Waals surface area contributed by atoms with Crippen molar-refractivity contribution < 1.29 is 13.9 Å². The van der Waals surface area contributed by atoms with E-state index in [2.05, 4.69) is 22.3 Å². The number of fused-ring (bicyclic) bond motifs is 1. The van der Waals surface area contributed by atoms with E-state index in [4.69, 9.17) is 9.15 Å². The van der Waals surface area contributed by atoms with Crippen molar-refractivity contribution in [2.24, 2.45) is 0 Å². The summed E-state index contributed by atoms with van der Waals surface area (Å²) >= 11 is 0. The number of aryl methyl sites for hydroxylation is 1. The summed E-state index contributed by atoms with van der Waals surface area (Å²) in [5.41, 5.74) is 2.43. The van der Waals surface area contributed by atoms with Crippen molar-refractivity contribution in [2.45, 2.75) is 45.1 Å². The molecular formula is C27H32N2O4. The third-order valence-electron chi connectivity index (χ3n) is 6.46. The monoisotopic (exact) mass is 448 g/mol. The molecule has 4 rings (SSSR count). The molecule has 6 nitrogen and oxygen atoms in total. The maximum atomic E-state index is 13.0. The number of carbonyl (C=O) groups excluding carboxylic acids is 1. The summed E-state index contributed by atoms with van der Waals surface area (Å²) in [5, 5.41) is 3.52. The number of rotatable bonds is 7. The largest absolute Gasteiger partial charge is 0.497 e. The summed E-state index contributed by atoms with van der Waals surface area (Å²) in [6.07, 6.45) is 5.61. The van der Waals surface area contributed by atoms with Gasteiger partial charge in [-0.3, -0.25) is 14.5 Å². The molecule has 2 heterocycles. The first-order valence-electron chi connectivity index (χ1n) is 11.8. The molecule has 0 bridgehead atoms. The third-order valence-corrected chi connectivity index (χ3v) is 6.46. The fourth-order valence-electron chi connectivity index (χ4n) is 4.50. The van der Waals surface area contributed by atoms with Gasteiger partial charge in [0.05, 0.1) is 18.5 Å². The molecule has 1 fully saturated rings. The second-order valence-corrected chi connectivity index (χ2v) is 8.61. The highest BCUT2D eigenvalue weighted by molar-refractivity contribution is 5.93. The van der Waals surface area contributed by atoms with Crippen molar-refractivity contribution in [2.75, 3.05) is 26.7 Å². The number of hydrogen-bond acceptors (Lipinski definition) is 5. The maximum Gasteiger partial charge on any atom is 0.287 e. The molecule has 0 spiro atoms. The van der Waals surface area contributed by atoms with E-state index in [0.29, 0.717) is 17.5 Å². The Hall–Kier alpha value is -3.12. The van der Waals surface area contributed by atoms with Crippen LogP contribution in [0.1, 0.15) is 60.3 Å². The van der Waals surface area contributed by atoms with Gasteiger partial charge in [-0.25, -0.2) is 0 Å². The van der Waals surface area contributed by atoms with E-state index in [0.717, 1.165) is 49.2 Å². The smallest absolute Gasteiger partial charge is 0.287 e. The van der Waals surface area contributed by atoms with Gasteiger partial charge in [0.2, 0.25) is 0 Å². The van der Waals surface area contributed by atoms with Crippen LogP contribution in [0.5, 0.6) is 5.75 Å². The first-order valence-corrected chi connectivity index (χ1v) is 11.8. The Kier molecular flexibility index (Phi) is 7.45. The summed E-state index contributed by atoms with van der Waals surface area (Å²) in [6.45, 7) is 4.46. The Labute approximate surface area is 194 Å². The quantitative estimate of drug-likeness (QED) is 0.567. The average molecular weight is 449 g/mol. The van der Waals surface area contributed by atoms with Gasteiger partial charge in [0.1, 0.15) is 11.3 Å². The summed E-state index contributed by atoms with van der Waals surface area (Å²) in [6, 6.07) is 14.9. The second-order valence-electron chi connectivity index (χ2n) is 8.61. The molecule has 1 atom stereocenters. The lowest BCUT2D eigenvalue weighted by Gasteiger charge is -2.31. The van der Waals surface area contributed by atoms with Crippen molar-refractivity contribution in [1.82, 2.24) is 10.2 Å². The number of carbonyl (C=O) groups is 1. The van der Waals surface area contributed by atoms with Crippen LogP contribution in [-0.4, -0.2) is 37.6 Å². The van der Waals surface area contributed by atoms with Gasteiger partial charge in [0.25, 0.3) is 5.91 Å². The van der Waals surface area contributed by atoms with Crippen molar-refractivity contribution in [3.05, 3.63) is 75.6 Å². The molecule has 1 aromatic heterocycles. The van der Waals surface area contributed by atoms with Crippen LogP contribution in [0.25, 0.3) is 11.0 Å². The molecular weight excluding hydrogens is 416 g/mol. The maximum absolute atomic E-state index is 13.0. The lowest BCUT2D eigenvalue weighted by Crippen LogP contribution is -2.38. The number of methoxy groups -OCH3 is 1. The fraction of sp³-hybridized carbons (Fsp3) is 0.407. The highest BCUT2D eigenvalue weighted by atomic mass is 16.5. The molecule has 1 aliphatic rings. The molecule has 174 valence electrons. The SMILES string of the molecule is CCc1ccc2oc(C(=O)NCC(c3ccc(OC)cc3)N3CCCCCC3)cc(=O)c2c1. The average Bonchev–Trinajstić information content (AvgIpc) is 3.13. The molecule has 1 N–H and O–H groups in total. The second kappa shape index (κ2) is 10.7. The highest BCUT2D eigenvalue weighted by Crippen LogP contribution is 2.26. The Morgan fingerprint density at radius 3 is 2.45 bits per heavy atom. The predicted molar refractivity (Wildman–Crippen MR) is 130 cm³/mol. The molecule has 3 aromatic rings. The van der Waals surface area contributed by atoms with Crippen LogP contribution in [0.3, 0.4) is 0 Å². The summed E-state index contributed by atoms with van der Waals surface area (Å²) in [4.78, 5) is 28.0. The van der Waals surface area contributed by atoms with Crippen LogP contribution in [0.15, 0.2) is 57.7 Å². The molecule has 0 aliphatic carbocycles. The minimum absolute atomic E-state index is 0.0391. The first kappa shape index (κ1) is 23.1. The van der Waals surface area contributed by atoms with E-state index in [9.17, 15) is 9.59 Å². The summed E-state index contributed by atoms with van der Waals surface area (Å²) in [7, 11) is 1.65. The minimum Gasteiger partial charge on any atom is -0.497 e. The van der Waals surface area contributed by atoms with Gasteiger partial charge < -0.3 is 14.5 Å². The Morgan fingerprint density at radius 1 is 1.06 bits per heavy atom. The zero-order chi connectivity index (χ0) is 23.2. The van der Waals surface area contributed by atoms with Crippen LogP contribution < -0.4 is 15.5 Å². The Morgan fingerprint density at radius 2 is 1.79 bits per heavy atom. The van der Waals surface area contributed by atoms with E-state index in [1.165, 1.54) is 18.9 Å². The normalized spacial score (nSPS) is 15.7. The number of hydrogen-bond donors (Lipinski definition) is 1. The van der Waals surface area contributed by atoms with Crippen LogP contribution in [0.4, 0.5) is 0 Å². The lowest BCUT2D eigenvalue weighted by molar-refractivity contribution is 0.0906. The van der Waals surface area contributed by atoms with E-state index < -0.39 is 0 Å². The van der Waals surface area contributed by atoms with Gasteiger partial charge in [0.15, 0.2) is 11.2 Å². The van der Waals surface area contributed by atoms with Gasteiger partial charge in [-0.1, -0.05) is 38.0 Å². The van der Waals surface area contributed by atoms with Crippen molar-refractivity contribution in [1.29, 1.82) is 0 Å². The zero-order valence-electron chi connectivity index (χ0n) is 19.4. The van der Waals surface area contributed by atoms with Gasteiger partial charge in [-0.15, -0.1) is 0 Å². The molecule has 33 heavy (non-hydrogen) atoms. The highest BCUT2D eigenvalue weighted by Gasteiger charge is 2.23. The molecule has 2 aromatic carbocycles. The molecule has 6 heteroatoms.